The van der Waals surface area contributed by atoms with Gasteiger partial charge >= 0.3 is 5.97 Å². The molecule has 1 heterocycles. The van der Waals surface area contributed by atoms with Gasteiger partial charge in [-0.1, -0.05) is 6.42 Å². The van der Waals surface area contributed by atoms with Crippen molar-refractivity contribution in [3.63, 3.8) is 0 Å². The Balaban J connectivity index is 2.15. The molecule has 0 saturated heterocycles. The Morgan fingerprint density at radius 2 is 2.26 bits per heavy atom. The first-order valence-electron chi connectivity index (χ1n) is 5.81. The van der Waals surface area contributed by atoms with Crippen LogP contribution in [0.4, 0.5) is 0 Å². The number of carbonyl (C=O) groups is 1. The SMILES string of the molecule is CSC1CCCC1NS(=O)(=O)c1cc(C(=O)O)cs1. The van der Waals surface area contributed by atoms with Gasteiger partial charge in [0.2, 0.25) is 10.0 Å². The van der Waals surface area contributed by atoms with Gasteiger partial charge < -0.3 is 5.11 Å². The van der Waals surface area contributed by atoms with Gasteiger partial charge in [-0.25, -0.2) is 17.9 Å². The molecular weight excluding hydrogens is 306 g/mol. The topological polar surface area (TPSA) is 83.5 Å². The van der Waals surface area contributed by atoms with Crippen molar-refractivity contribution in [3.05, 3.63) is 17.0 Å². The Morgan fingerprint density at radius 3 is 2.84 bits per heavy atom. The van der Waals surface area contributed by atoms with E-state index in [9.17, 15) is 13.2 Å². The second-order valence-corrected chi connectivity index (χ2v) is 8.32. The number of hydrogen-bond acceptors (Lipinski definition) is 5. The van der Waals surface area contributed by atoms with E-state index in [0.717, 1.165) is 30.6 Å². The molecule has 1 aliphatic carbocycles. The Bertz CT molecular complexity index is 566. The summed E-state index contributed by atoms with van der Waals surface area (Å²) in [7, 11) is -3.61. The van der Waals surface area contributed by atoms with Crippen LogP contribution in [0.15, 0.2) is 15.7 Å². The van der Waals surface area contributed by atoms with Crippen molar-refractivity contribution < 1.29 is 18.3 Å². The third-order valence-electron chi connectivity index (χ3n) is 3.15. The van der Waals surface area contributed by atoms with E-state index >= 15 is 0 Å². The van der Waals surface area contributed by atoms with Gasteiger partial charge in [0.15, 0.2) is 0 Å². The molecular formula is C11H15NO4S3. The summed E-state index contributed by atoms with van der Waals surface area (Å²) in [6.45, 7) is 0. The molecule has 1 aliphatic rings. The summed E-state index contributed by atoms with van der Waals surface area (Å²) < 4.78 is 27.1. The number of sulfonamides is 1. The van der Waals surface area contributed by atoms with E-state index in [1.807, 2.05) is 6.26 Å². The number of hydrogen-bond donors (Lipinski definition) is 2. The molecule has 0 amide bonds. The van der Waals surface area contributed by atoms with E-state index in [-0.39, 0.29) is 15.8 Å². The van der Waals surface area contributed by atoms with Crippen LogP contribution in [0, 0.1) is 0 Å². The lowest BCUT2D eigenvalue weighted by atomic mass is 10.3. The van der Waals surface area contributed by atoms with Crippen molar-refractivity contribution >= 4 is 39.1 Å². The van der Waals surface area contributed by atoms with Crippen LogP contribution in [0.5, 0.6) is 0 Å². The molecule has 106 valence electrons. The zero-order valence-electron chi connectivity index (χ0n) is 10.3. The Labute approximate surface area is 120 Å². The first-order valence-corrected chi connectivity index (χ1v) is 9.46. The molecule has 0 radical (unpaired) electrons. The van der Waals surface area contributed by atoms with Crippen molar-refractivity contribution in [3.8, 4) is 0 Å². The number of carboxylic acid groups (broad SMARTS) is 1. The maximum Gasteiger partial charge on any atom is 0.336 e. The highest BCUT2D eigenvalue weighted by Crippen LogP contribution is 2.30. The summed E-state index contributed by atoms with van der Waals surface area (Å²) >= 11 is 2.61. The monoisotopic (exact) mass is 321 g/mol. The van der Waals surface area contributed by atoms with E-state index in [4.69, 9.17) is 5.11 Å². The van der Waals surface area contributed by atoms with Crippen molar-refractivity contribution in [2.24, 2.45) is 0 Å². The van der Waals surface area contributed by atoms with Crippen LogP contribution < -0.4 is 4.72 Å². The molecule has 1 fully saturated rings. The Morgan fingerprint density at radius 1 is 1.53 bits per heavy atom. The molecule has 0 spiro atoms. The maximum absolute atomic E-state index is 12.2. The minimum atomic E-state index is -3.61. The summed E-state index contributed by atoms with van der Waals surface area (Å²) in [4.78, 5) is 10.8. The molecule has 2 unspecified atom stereocenters. The van der Waals surface area contributed by atoms with Gasteiger partial charge in [0.25, 0.3) is 0 Å². The van der Waals surface area contributed by atoms with Gasteiger partial charge in [-0.15, -0.1) is 11.3 Å². The van der Waals surface area contributed by atoms with Gasteiger partial charge in [0.1, 0.15) is 4.21 Å². The third kappa shape index (κ3) is 3.31. The van der Waals surface area contributed by atoms with E-state index < -0.39 is 16.0 Å². The quantitative estimate of drug-likeness (QED) is 0.867. The molecule has 2 atom stereocenters. The van der Waals surface area contributed by atoms with Crippen molar-refractivity contribution in [2.45, 2.75) is 34.8 Å². The fraction of sp³-hybridized carbons (Fsp3) is 0.545. The third-order valence-corrected chi connectivity index (χ3v) is 7.25. The molecule has 1 aromatic heterocycles. The van der Waals surface area contributed by atoms with E-state index in [1.165, 1.54) is 11.4 Å². The van der Waals surface area contributed by atoms with E-state index in [2.05, 4.69) is 4.72 Å². The van der Waals surface area contributed by atoms with E-state index in [0.29, 0.717) is 5.25 Å². The Kier molecular flexibility index (Phi) is 4.54. The molecule has 0 aromatic carbocycles. The van der Waals surface area contributed by atoms with E-state index in [1.54, 1.807) is 11.8 Å². The van der Waals surface area contributed by atoms with Crippen LogP contribution in [0.2, 0.25) is 0 Å². The highest BCUT2D eigenvalue weighted by Gasteiger charge is 2.31. The molecule has 8 heteroatoms. The standard InChI is InChI=1S/C11H15NO4S3/c1-17-9-4-2-3-8(9)12-19(15,16)10-5-7(6-18-10)11(13)14/h5-6,8-9,12H,2-4H2,1H3,(H,13,14). The molecule has 19 heavy (non-hydrogen) atoms. The summed E-state index contributed by atoms with van der Waals surface area (Å²) in [6.07, 6.45) is 4.84. The highest BCUT2D eigenvalue weighted by molar-refractivity contribution is 7.99. The second-order valence-electron chi connectivity index (χ2n) is 4.39. The van der Waals surface area contributed by atoms with Gasteiger partial charge in [-0.2, -0.15) is 11.8 Å². The highest BCUT2D eigenvalue weighted by atomic mass is 32.2. The predicted molar refractivity (Wildman–Crippen MR) is 76.5 cm³/mol. The van der Waals surface area contributed by atoms with Crippen LogP contribution in [0.3, 0.4) is 0 Å². The van der Waals surface area contributed by atoms with Crippen molar-refractivity contribution in [2.75, 3.05) is 6.26 Å². The summed E-state index contributed by atoms with van der Waals surface area (Å²) in [6, 6.07) is 1.15. The first-order chi connectivity index (χ1) is 8.94. The predicted octanol–water partition coefficient (Wildman–Crippen LogP) is 2.01. The molecule has 5 nitrogen and oxygen atoms in total. The molecule has 0 bridgehead atoms. The minimum absolute atomic E-state index is 0.0122. The fourth-order valence-corrected chi connectivity index (χ4v) is 5.67. The normalized spacial score (nSPS) is 23.6. The number of nitrogens with one attached hydrogen (secondary N) is 1. The number of carboxylic acids is 1. The van der Waals surface area contributed by atoms with Crippen molar-refractivity contribution in [1.29, 1.82) is 0 Å². The zero-order valence-corrected chi connectivity index (χ0v) is 12.8. The minimum Gasteiger partial charge on any atom is -0.478 e. The number of thioether (sulfide) groups is 1. The van der Waals surface area contributed by atoms with Crippen LogP contribution >= 0.6 is 23.1 Å². The second kappa shape index (κ2) is 5.82. The molecule has 2 N–H and O–H groups in total. The first kappa shape index (κ1) is 14.8. The van der Waals surface area contributed by atoms with Crippen molar-refractivity contribution in [1.82, 2.24) is 4.72 Å². The average molecular weight is 321 g/mol. The Hall–Kier alpha value is -0.570. The number of rotatable bonds is 5. The molecule has 2 rings (SSSR count). The lowest BCUT2D eigenvalue weighted by Crippen LogP contribution is -2.38. The number of thiophene rings is 1. The van der Waals surface area contributed by atoms with Crippen LogP contribution in [0.25, 0.3) is 0 Å². The maximum atomic E-state index is 12.2. The molecule has 1 aromatic rings. The van der Waals surface area contributed by atoms with Crippen LogP contribution in [-0.4, -0.2) is 37.0 Å². The number of aromatic carboxylic acids is 1. The largest absolute Gasteiger partial charge is 0.478 e. The van der Waals surface area contributed by atoms with Crippen LogP contribution in [0.1, 0.15) is 29.6 Å². The average Bonchev–Trinajstić information content (AvgIpc) is 2.95. The fourth-order valence-electron chi connectivity index (χ4n) is 2.17. The van der Waals surface area contributed by atoms with Gasteiger partial charge in [-0.05, 0) is 25.2 Å². The smallest absolute Gasteiger partial charge is 0.336 e. The van der Waals surface area contributed by atoms with Crippen LogP contribution in [-0.2, 0) is 10.0 Å². The zero-order chi connectivity index (χ0) is 14.0. The summed E-state index contributed by atoms with van der Waals surface area (Å²) in [5.74, 6) is -1.11. The lowest BCUT2D eigenvalue weighted by molar-refractivity contribution is 0.0697. The molecule has 0 aliphatic heterocycles. The van der Waals surface area contributed by atoms with Gasteiger partial charge in [0, 0.05) is 16.7 Å². The summed E-state index contributed by atoms with van der Waals surface area (Å²) in [5.41, 5.74) is 0.0122. The summed E-state index contributed by atoms with van der Waals surface area (Å²) in [5, 5.41) is 10.5. The lowest BCUT2D eigenvalue weighted by Gasteiger charge is -2.18. The van der Waals surface area contributed by atoms with Gasteiger partial charge in [0.05, 0.1) is 5.56 Å². The molecule has 1 saturated carbocycles. The van der Waals surface area contributed by atoms with Gasteiger partial charge in [-0.3, -0.25) is 0 Å².